The third kappa shape index (κ3) is 2.37. The number of hydrogen-bond acceptors (Lipinski definition) is 1. The zero-order chi connectivity index (χ0) is 6.69. The molecule has 9 heavy (non-hydrogen) atoms. The fourth-order valence-electron chi connectivity index (χ4n) is 0.728. The van der Waals surface area contributed by atoms with Crippen molar-refractivity contribution in [2.75, 3.05) is 6.61 Å². The molecule has 1 rings (SSSR count). The summed E-state index contributed by atoms with van der Waals surface area (Å²) in [4.78, 5) is 0. The summed E-state index contributed by atoms with van der Waals surface area (Å²) in [6, 6.07) is 0. The Bertz CT molecular complexity index is 116. The molecule has 1 aliphatic carbocycles. The van der Waals surface area contributed by atoms with Gasteiger partial charge < -0.3 is 5.11 Å². The van der Waals surface area contributed by atoms with Crippen LogP contribution in [0, 0.1) is 5.92 Å². The third-order valence-electron chi connectivity index (χ3n) is 1.44. The SMILES string of the molecule is OCC/C=C(/Cl)C1CC1. The Morgan fingerprint density at radius 2 is 2.33 bits per heavy atom. The van der Waals surface area contributed by atoms with E-state index in [4.69, 9.17) is 16.7 Å². The van der Waals surface area contributed by atoms with Gasteiger partial charge in [0.05, 0.1) is 0 Å². The molecule has 1 aliphatic rings. The standard InChI is InChI=1S/C7H11ClO/c8-7(2-1-5-9)6-3-4-6/h2,6,9H,1,3-5H2/b7-2+. The first-order chi connectivity index (χ1) is 4.34. The minimum atomic E-state index is 0.211. The van der Waals surface area contributed by atoms with Gasteiger partial charge in [-0.3, -0.25) is 0 Å². The van der Waals surface area contributed by atoms with Crippen molar-refractivity contribution in [3.8, 4) is 0 Å². The summed E-state index contributed by atoms with van der Waals surface area (Å²) in [6.45, 7) is 0.211. The van der Waals surface area contributed by atoms with Crippen LogP contribution in [0.25, 0.3) is 0 Å². The highest BCUT2D eigenvalue weighted by molar-refractivity contribution is 6.30. The molecule has 0 heterocycles. The van der Waals surface area contributed by atoms with Crippen molar-refractivity contribution in [2.24, 2.45) is 5.92 Å². The molecule has 0 atom stereocenters. The van der Waals surface area contributed by atoms with E-state index < -0.39 is 0 Å². The van der Waals surface area contributed by atoms with E-state index in [0.29, 0.717) is 12.3 Å². The molecule has 1 fully saturated rings. The van der Waals surface area contributed by atoms with Gasteiger partial charge in [-0.05, 0) is 25.2 Å². The summed E-state index contributed by atoms with van der Waals surface area (Å²) in [6.07, 6.45) is 5.09. The van der Waals surface area contributed by atoms with Crippen molar-refractivity contribution < 1.29 is 5.11 Å². The van der Waals surface area contributed by atoms with E-state index in [9.17, 15) is 0 Å². The molecule has 0 unspecified atom stereocenters. The Balaban J connectivity index is 2.20. The molecule has 0 bridgehead atoms. The van der Waals surface area contributed by atoms with Crippen LogP contribution in [0.1, 0.15) is 19.3 Å². The lowest BCUT2D eigenvalue weighted by Crippen LogP contribution is -1.79. The molecule has 0 aromatic rings. The zero-order valence-corrected chi connectivity index (χ0v) is 6.06. The first kappa shape index (κ1) is 7.10. The Morgan fingerprint density at radius 1 is 1.67 bits per heavy atom. The average molecular weight is 147 g/mol. The summed E-state index contributed by atoms with van der Waals surface area (Å²) in [5.74, 6) is 0.637. The van der Waals surface area contributed by atoms with Gasteiger partial charge in [0.2, 0.25) is 0 Å². The Morgan fingerprint density at radius 3 is 2.78 bits per heavy atom. The fourth-order valence-corrected chi connectivity index (χ4v) is 1.06. The first-order valence-electron chi connectivity index (χ1n) is 3.31. The predicted octanol–water partition coefficient (Wildman–Crippen LogP) is 1.90. The molecule has 0 aliphatic heterocycles. The second-order valence-electron chi connectivity index (χ2n) is 2.38. The van der Waals surface area contributed by atoms with Gasteiger partial charge in [0.1, 0.15) is 0 Å². The maximum atomic E-state index is 8.41. The van der Waals surface area contributed by atoms with E-state index in [-0.39, 0.29) is 6.61 Å². The normalized spacial score (nSPS) is 20.4. The van der Waals surface area contributed by atoms with Gasteiger partial charge in [0, 0.05) is 11.6 Å². The molecule has 1 N–H and O–H groups in total. The summed E-state index contributed by atoms with van der Waals surface area (Å²) < 4.78 is 0. The number of allylic oxidation sites excluding steroid dienone is 1. The maximum absolute atomic E-state index is 8.41. The average Bonchev–Trinajstić information content (AvgIpc) is 2.63. The van der Waals surface area contributed by atoms with Crippen molar-refractivity contribution >= 4 is 11.6 Å². The van der Waals surface area contributed by atoms with Crippen molar-refractivity contribution in [2.45, 2.75) is 19.3 Å². The molecule has 0 radical (unpaired) electrons. The van der Waals surface area contributed by atoms with E-state index in [1.807, 2.05) is 6.08 Å². The van der Waals surface area contributed by atoms with E-state index in [1.165, 1.54) is 12.8 Å². The van der Waals surface area contributed by atoms with Crippen molar-refractivity contribution in [1.82, 2.24) is 0 Å². The lowest BCUT2D eigenvalue weighted by molar-refractivity contribution is 0.302. The monoisotopic (exact) mass is 146 g/mol. The molecule has 52 valence electrons. The van der Waals surface area contributed by atoms with Crippen LogP contribution in [0.5, 0.6) is 0 Å². The number of aliphatic hydroxyl groups is 1. The molecule has 0 aromatic carbocycles. The number of hydrogen-bond donors (Lipinski definition) is 1. The van der Waals surface area contributed by atoms with Gasteiger partial charge in [0.15, 0.2) is 0 Å². The lowest BCUT2D eigenvalue weighted by atomic mass is 10.3. The smallest absolute Gasteiger partial charge is 0.0466 e. The molecule has 2 heteroatoms. The largest absolute Gasteiger partial charge is 0.396 e. The predicted molar refractivity (Wildman–Crippen MR) is 38.4 cm³/mol. The van der Waals surface area contributed by atoms with E-state index in [2.05, 4.69) is 0 Å². The molecule has 0 aromatic heterocycles. The highest BCUT2D eigenvalue weighted by Gasteiger charge is 2.23. The molecule has 0 saturated heterocycles. The van der Waals surface area contributed by atoms with E-state index >= 15 is 0 Å². The van der Waals surface area contributed by atoms with Gasteiger partial charge in [-0.1, -0.05) is 17.7 Å². The third-order valence-corrected chi connectivity index (χ3v) is 1.90. The summed E-state index contributed by atoms with van der Waals surface area (Å²) in [5.41, 5.74) is 0. The lowest BCUT2D eigenvalue weighted by Gasteiger charge is -1.90. The van der Waals surface area contributed by atoms with Crippen LogP contribution in [0.4, 0.5) is 0 Å². The summed E-state index contributed by atoms with van der Waals surface area (Å²) >= 11 is 5.81. The van der Waals surface area contributed by atoms with Crippen molar-refractivity contribution in [3.63, 3.8) is 0 Å². The minimum absolute atomic E-state index is 0.211. The van der Waals surface area contributed by atoms with Crippen LogP contribution in [-0.4, -0.2) is 11.7 Å². The topological polar surface area (TPSA) is 20.2 Å². The highest BCUT2D eigenvalue weighted by atomic mass is 35.5. The van der Waals surface area contributed by atoms with Crippen LogP contribution in [-0.2, 0) is 0 Å². The first-order valence-corrected chi connectivity index (χ1v) is 3.69. The van der Waals surface area contributed by atoms with Crippen LogP contribution >= 0.6 is 11.6 Å². The number of rotatable bonds is 3. The van der Waals surface area contributed by atoms with Crippen molar-refractivity contribution in [3.05, 3.63) is 11.1 Å². The van der Waals surface area contributed by atoms with Gasteiger partial charge in [0.25, 0.3) is 0 Å². The van der Waals surface area contributed by atoms with Crippen molar-refractivity contribution in [1.29, 1.82) is 0 Å². The minimum Gasteiger partial charge on any atom is -0.396 e. The van der Waals surface area contributed by atoms with Gasteiger partial charge >= 0.3 is 0 Å². The van der Waals surface area contributed by atoms with Gasteiger partial charge in [-0.25, -0.2) is 0 Å². The van der Waals surface area contributed by atoms with Crippen LogP contribution in [0.3, 0.4) is 0 Å². The zero-order valence-electron chi connectivity index (χ0n) is 5.31. The number of halogens is 1. The van der Waals surface area contributed by atoms with E-state index in [0.717, 1.165) is 5.03 Å². The second kappa shape index (κ2) is 3.23. The Kier molecular flexibility index (Phi) is 2.55. The molecular formula is C7H11ClO. The molecule has 0 amide bonds. The van der Waals surface area contributed by atoms with Gasteiger partial charge in [-0.2, -0.15) is 0 Å². The Labute approximate surface area is 60.3 Å². The highest BCUT2D eigenvalue weighted by Crippen LogP contribution is 2.38. The molecular weight excluding hydrogens is 136 g/mol. The number of aliphatic hydroxyl groups excluding tert-OH is 1. The second-order valence-corrected chi connectivity index (χ2v) is 2.81. The molecule has 0 spiro atoms. The van der Waals surface area contributed by atoms with Gasteiger partial charge in [-0.15, -0.1) is 0 Å². The summed E-state index contributed by atoms with van der Waals surface area (Å²) in [7, 11) is 0. The van der Waals surface area contributed by atoms with E-state index in [1.54, 1.807) is 0 Å². The van der Waals surface area contributed by atoms with Crippen LogP contribution < -0.4 is 0 Å². The van der Waals surface area contributed by atoms with Crippen LogP contribution in [0.2, 0.25) is 0 Å². The summed E-state index contributed by atoms with van der Waals surface area (Å²) in [5, 5.41) is 9.36. The quantitative estimate of drug-likeness (QED) is 0.645. The Hall–Kier alpha value is -0.0100. The molecule has 1 nitrogen and oxygen atoms in total. The fraction of sp³-hybridized carbons (Fsp3) is 0.714. The molecule has 1 saturated carbocycles. The van der Waals surface area contributed by atoms with Crippen LogP contribution in [0.15, 0.2) is 11.1 Å². The maximum Gasteiger partial charge on any atom is 0.0466 e.